The molecule has 0 aliphatic heterocycles. The van der Waals surface area contributed by atoms with Crippen molar-refractivity contribution in [2.45, 2.75) is 6.54 Å². The lowest BCUT2D eigenvalue weighted by Gasteiger charge is -2.10. The highest BCUT2D eigenvalue weighted by atomic mass is 35.5. The molecule has 0 saturated heterocycles. The molecule has 0 bridgehead atoms. The molecule has 0 aliphatic carbocycles. The molecule has 0 radical (unpaired) electrons. The molecule has 2 aromatic carbocycles. The number of rotatable bonds is 4. The van der Waals surface area contributed by atoms with Crippen molar-refractivity contribution in [2.75, 3.05) is 5.32 Å². The Balaban J connectivity index is 1.58. The molecule has 2 N–H and O–H groups in total. The summed E-state index contributed by atoms with van der Waals surface area (Å²) in [7, 11) is 0. The summed E-state index contributed by atoms with van der Waals surface area (Å²) >= 11 is 17.2. The molecule has 1 aromatic heterocycles. The van der Waals surface area contributed by atoms with E-state index in [2.05, 4.69) is 15.8 Å². The molecule has 0 saturated carbocycles. The SMILES string of the molecule is S=C(NCc1cc(-c2ccccc2)no1)Nc1ccc(Cl)cc1Cl. The van der Waals surface area contributed by atoms with E-state index in [4.69, 9.17) is 39.9 Å². The van der Waals surface area contributed by atoms with E-state index >= 15 is 0 Å². The zero-order valence-electron chi connectivity index (χ0n) is 12.4. The van der Waals surface area contributed by atoms with Gasteiger partial charge in [-0.3, -0.25) is 0 Å². The number of halogens is 2. The third-order valence-corrected chi connectivity index (χ3v) is 4.03. The van der Waals surface area contributed by atoms with E-state index < -0.39 is 0 Å². The van der Waals surface area contributed by atoms with Crippen LogP contribution in [0.25, 0.3) is 11.3 Å². The minimum absolute atomic E-state index is 0.414. The monoisotopic (exact) mass is 377 g/mol. The van der Waals surface area contributed by atoms with Crippen LogP contribution in [0.4, 0.5) is 5.69 Å². The Bertz CT molecular complexity index is 852. The fourth-order valence-electron chi connectivity index (χ4n) is 2.07. The van der Waals surface area contributed by atoms with Crippen LogP contribution in [0.2, 0.25) is 10.0 Å². The molecule has 0 unspecified atom stereocenters. The van der Waals surface area contributed by atoms with Crippen LogP contribution < -0.4 is 10.6 Å². The van der Waals surface area contributed by atoms with Crippen molar-refractivity contribution in [2.24, 2.45) is 0 Å². The number of nitrogens with zero attached hydrogens (tertiary/aromatic N) is 1. The maximum absolute atomic E-state index is 6.10. The van der Waals surface area contributed by atoms with E-state index in [0.29, 0.717) is 33.2 Å². The minimum atomic E-state index is 0.414. The summed E-state index contributed by atoms with van der Waals surface area (Å²) in [5.74, 6) is 0.681. The Morgan fingerprint density at radius 2 is 1.88 bits per heavy atom. The smallest absolute Gasteiger partial charge is 0.171 e. The van der Waals surface area contributed by atoms with Crippen LogP contribution in [-0.4, -0.2) is 10.3 Å². The van der Waals surface area contributed by atoms with Crippen molar-refractivity contribution in [1.82, 2.24) is 10.5 Å². The number of benzene rings is 2. The van der Waals surface area contributed by atoms with Gasteiger partial charge < -0.3 is 15.2 Å². The lowest BCUT2D eigenvalue weighted by atomic mass is 10.1. The second kappa shape index (κ2) is 7.66. The van der Waals surface area contributed by atoms with Crippen LogP contribution in [-0.2, 0) is 6.54 Å². The molecular weight excluding hydrogens is 365 g/mol. The van der Waals surface area contributed by atoms with Crippen LogP contribution in [0.5, 0.6) is 0 Å². The second-order valence-electron chi connectivity index (χ2n) is 4.98. The van der Waals surface area contributed by atoms with E-state index in [1.165, 1.54) is 0 Å². The third kappa shape index (κ3) is 4.26. The summed E-state index contributed by atoms with van der Waals surface area (Å²) in [5.41, 5.74) is 2.47. The van der Waals surface area contributed by atoms with Crippen LogP contribution in [0.1, 0.15) is 5.76 Å². The zero-order valence-corrected chi connectivity index (χ0v) is 14.8. The zero-order chi connectivity index (χ0) is 16.9. The summed E-state index contributed by atoms with van der Waals surface area (Å²) < 4.78 is 5.32. The molecule has 3 rings (SSSR count). The van der Waals surface area contributed by atoms with Crippen molar-refractivity contribution < 1.29 is 4.52 Å². The molecule has 0 fully saturated rings. The van der Waals surface area contributed by atoms with Gasteiger partial charge in [-0.05, 0) is 30.4 Å². The lowest BCUT2D eigenvalue weighted by molar-refractivity contribution is 0.382. The first-order valence-electron chi connectivity index (χ1n) is 7.13. The van der Waals surface area contributed by atoms with Gasteiger partial charge >= 0.3 is 0 Å². The largest absolute Gasteiger partial charge is 0.359 e. The van der Waals surface area contributed by atoms with Gasteiger partial charge in [-0.1, -0.05) is 58.7 Å². The molecule has 7 heteroatoms. The maximum Gasteiger partial charge on any atom is 0.171 e. The minimum Gasteiger partial charge on any atom is -0.359 e. The fourth-order valence-corrected chi connectivity index (χ4v) is 2.70. The van der Waals surface area contributed by atoms with E-state index in [0.717, 1.165) is 11.3 Å². The Kier molecular flexibility index (Phi) is 5.35. The van der Waals surface area contributed by atoms with Crippen molar-refractivity contribution >= 4 is 46.2 Å². The van der Waals surface area contributed by atoms with Crippen molar-refractivity contribution in [3.05, 3.63) is 70.4 Å². The molecule has 0 atom stereocenters. The number of aromatic nitrogens is 1. The molecule has 4 nitrogen and oxygen atoms in total. The summed E-state index contributed by atoms with van der Waals surface area (Å²) in [5, 5.41) is 11.6. The third-order valence-electron chi connectivity index (χ3n) is 3.23. The van der Waals surface area contributed by atoms with E-state index in [-0.39, 0.29) is 0 Å². The molecule has 3 aromatic rings. The predicted octanol–water partition coefficient (Wildman–Crippen LogP) is 5.14. The van der Waals surface area contributed by atoms with Gasteiger partial charge in [0.2, 0.25) is 0 Å². The highest BCUT2D eigenvalue weighted by molar-refractivity contribution is 7.80. The number of thiocarbonyl (C=S) groups is 1. The maximum atomic E-state index is 6.10. The van der Waals surface area contributed by atoms with Gasteiger partial charge in [0.25, 0.3) is 0 Å². The average molecular weight is 378 g/mol. The summed E-state index contributed by atoms with van der Waals surface area (Å²) in [6.45, 7) is 0.414. The molecule has 0 amide bonds. The Labute approximate surface area is 154 Å². The summed E-state index contributed by atoms with van der Waals surface area (Å²) in [4.78, 5) is 0. The molecule has 0 spiro atoms. The quantitative estimate of drug-likeness (QED) is 0.616. The predicted molar refractivity (Wildman–Crippen MR) is 101 cm³/mol. The van der Waals surface area contributed by atoms with Crippen LogP contribution in [0, 0.1) is 0 Å². The van der Waals surface area contributed by atoms with Crippen LogP contribution in [0.3, 0.4) is 0 Å². The number of hydrogen-bond acceptors (Lipinski definition) is 3. The Hall–Kier alpha value is -2.08. The second-order valence-corrected chi connectivity index (χ2v) is 6.23. The van der Waals surface area contributed by atoms with Crippen molar-refractivity contribution in [3.63, 3.8) is 0 Å². The molecule has 122 valence electrons. The van der Waals surface area contributed by atoms with E-state index in [9.17, 15) is 0 Å². The van der Waals surface area contributed by atoms with Crippen molar-refractivity contribution in [1.29, 1.82) is 0 Å². The highest BCUT2D eigenvalue weighted by Crippen LogP contribution is 2.25. The van der Waals surface area contributed by atoms with Crippen LogP contribution >= 0.6 is 35.4 Å². The van der Waals surface area contributed by atoms with Gasteiger partial charge in [-0.2, -0.15) is 0 Å². The van der Waals surface area contributed by atoms with E-state index in [1.54, 1.807) is 18.2 Å². The molecule has 24 heavy (non-hydrogen) atoms. The average Bonchev–Trinajstić information content (AvgIpc) is 3.05. The topological polar surface area (TPSA) is 50.1 Å². The molecule has 0 aliphatic rings. The lowest BCUT2D eigenvalue weighted by Crippen LogP contribution is -2.27. The van der Waals surface area contributed by atoms with Gasteiger partial charge in [0.1, 0.15) is 5.69 Å². The number of anilines is 1. The summed E-state index contributed by atoms with van der Waals surface area (Å²) in [6.07, 6.45) is 0. The summed E-state index contributed by atoms with van der Waals surface area (Å²) in [6, 6.07) is 16.8. The van der Waals surface area contributed by atoms with Gasteiger partial charge in [0.15, 0.2) is 10.9 Å². The Morgan fingerprint density at radius 3 is 2.62 bits per heavy atom. The fraction of sp³-hybridized carbons (Fsp3) is 0.0588. The van der Waals surface area contributed by atoms with Gasteiger partial charge in [0, 0.05) is 16.7 Å². The number of nitrogens with one attached hydrogen (secondary N) is 2. The first-order valence-corrected chi connectivity index (χ1v) is 8.29. The number of hydrogen-bond donors (Lipinski definition) is 2. The molecule has 1 heterocycles. The van der Waals surface area contributed by atoms with E-state index in [1.807, 2.05) is 36.4 Å². The van der Waals surface area contributed by atoms with Gasteiger partial charge in [-0.25, -0.2) is 0 Å². The first kappa shape index (κ1) is 16.8. The van der Waals surface area contributed by atoms with Gasteiger partial charge in [-0.15, -0.1) is 0 Å². The van der Waals surface area contributed by atoms with Crippen LogP contribution in [0.15, 0.2) is 59.1 Å². The van der Waals surface area contributed by atoms with Crippen molar-refractivity contribution in [3.8, 4) is 11.3 Å². The molecular formula is C17H13Cl2N3OS. The normalized spacial score (nSPS) is 10.4. The highest BCUT2D eigenvalue weighted by Gasteiger charge is 2.08. The standard InChI is InChI=1S/C17H13Cl2N3OS/c18-12-6-7-15(14(19)8-12)21-17(24)20-10-13-9-16(22-23-13)11-4-2-1-3-5-11/h1-9H,10H2,(H2,20,21,24). The first-order chi connectivity index (χ1) is 11.6. The Morgan fingerprint density at radius 1 is 1.08 bits per heavy atom. The van der Waals surface area contributed by atoms with Gasteiger partial charge in [0.05, 0.1) is 17.3 Å².